The zero-order valence-corrected chi connectivity index (χ0v) is 13.0. The molecule has 1 atom stereocenters. The Kier molecular flexibility index (Phi) is 5.31. The van der Waals surface area contributed by atoms with Crippen molar-refractivity contribution in [2.75, 3.05) is 26.1 Å². The quantitative estimate of drug-likeness (QED) is 0.924. The molecule has 0 aliphatic carbocycles. The molecular formula is C16H24N2O3. The molecule has 1 saturated heterocycles. The first-order chi connectivity index (χ1) is 10.2. The summed E-state index contributed by atoms with van der Waals surface area (Å²) >= 11 is 0. The van der Waals surface area contributed by atoms with E-state index in [1.54, 1.807) is 26.4 Å². The van der Waals surface area contributed by atoms with Crippen LogP contribution in [0.25, 0.3) is 0 Å². The number of amides is 2. The molecule has 1 heterocycles. The lowest BCUT2D eigenvalue weighted by atomic mass is 10.0. The van der Waals surface area contributed by atoms with Gasteiger partial charge in [-0.1, -0.05) is 6.92 Å². The number of ether oxygens (including phenoxy) is 2. The molecule has 1 N–H and O–H groups in total. The summed E-state index contributed by atoms with van der Waals surface area (Å²) < 4.78 is 10.5. The lowest BCUT2D eigenvalue weighted by Crippen LogP contribution is -2.45. The summed E-state index contributed by atoms with van der Waals surface area (Å²) in [5, 5.41) is 2.95. The molecule has 1 aromatic carbocycles. The number of benzene rings is 1. The third-order valence-corrected chi connectivity index (χ3v) is 4.01. The highest BCUT2D eigenvalue weighted by atomic mass is 16.5. The predicted molar refractivity (Wildman–Crippen MR) is 83.2 cm³/mol. The van der Waals surface area contributed by atoms with Crippen molar-refractivity contribution in [3.05, 3.63) is 18.2 Å². The van der Waals surface area contributed by atoms with Crippen molar-refractivity contribution in [1.82, 2.24) is 4.90 Å². The number of hydrogen-bond donors (Lipinski definition) is 1. The molecule has 2 rings (SSSR count). The topological polar surface area (TPSA) is 50.8 Å². The SMILES string of the molecule is CC[C@H]1CCCCN1C(=O)Nc1cc(OC)ccc1OC. The van der Waals surface area contributed by atoms with Gasteiger partial charge in [0, 0.05) is 18.7 Å². The molecule has 1 aliphatic heterocycles. The maximum absolute atomic E-state index is 12.5. The monoisotopic (exact) mass is 292 g/mol. The van der Waals surface area contributed by atoms with Crippen LogP contribution in [0.3, 0.4) is 0 Å². The van der Waals surface area contributed by atoms with Crippen LogP contribution in [0.2, 0.25) is 0 Å². The van der Waals surface area contributed by atoms with Gasteiger partial charge < -0.3 is 19.7 Å². The zero-order chi connectivity index (χ0) is 15.2. The minimum Gasteiger partial charge on any atom is -0.497 e. The van der Waals surface area contributed by atoms with E-state index in [1.165, 1.54) is 6.42 Å². The molecule has 21 heavy (non-hydrogen) atoms. The zero-order valence-electron chi connectivity index (χ0n) is 13.0. The molecule has 0 radical (unpaired) electrons. The number of rotatable bonds is 4. The fourth-order valence-electron chi connectivity index (χ4n) is 2.79. The highest BCUT2D eigenvalue weighted by Gasteiger charge is 2.25. The van der Waals surface area contributed by atoms with Gasteiger partial charge in [-0.25, -0.2) is 4.79 Å². The van der Waals surface area contributed by atoms with E-state index in [9.17, 15) is 4.79 Å². The van der Waals surface area contributed by atoms with Crippen molar-refractivity contribution < 1.29 is 14.3 Å². The maximum Gasteiger partial charge on any atom is 0.322 e. The first-order valence-electron chi connectivity index (χ1n) is 7.49. The second kappa shape index (κ2) is 7.20. The Morgan fingerprint density at radius 2 is 2.14 bits per heavy atom. The van der Waals surface area contributed by atoms with Crippen molar-refractivity contribution in [2.24, 2.45) is 0 Å². The van der Waals surface area contributed by atoms with Gasteiger partial charge >= 0.3 is 6.03 Å². The van der Waals surface area contributed by atoms with E-state index in [2.05, 4.69) is 12.2 Å². The number of hydrogen-bond acceptors (Lipinski definition) is 3. The van der Waals surface area contributed by atoms with Gasteiger partial charge in [-0.15, -0.1) is 0 Å². The molecule has 2 amide bonds. The molecule has 0 spiro atoms. The molecule has 0 unspecified atom stereocenters. The summed E-state index contributed by atoms with van der Waals surface area (Å²) in [6.45, 7) is 2.94. The number of anilines is 1. The second-order valence-corrected chi connectivity index (χ2v) is 5.25. The summed E-state index contributed by atoms with van der Waals surface area (Å²) in [5.41, 5.74) is 0.641. The van der Waals surface area contributed by atoms with Crippen LogP contribution in [-0.2, 0) is 0 Å². The van der Waals surface area contributed by atoms with Crippen LogP contribution in [0.1, 0.15) is 32.6 Å². The van der Waals surface area contributed by atoms with Crippen LogP contribution < -0.4 is 14.8 Å². The third-order valence-electron chi connectivity index (χ3n) is 4.01. The van der Waals surface area contributed by atoms with Gasteiger partial charge in [0.1, 0.15) is 11.5 Å². The number of carbonyl (C=O) groups is 1. The van der Waals surface area contributed by atoms with E-state index in [0.29, 0.717) is 23.2 Å². The Hall–Kier alpha value is -1.91. The lowest BCUT2D eigenvalue weighted by Gasteiger charge is -2.35. The minimum atomic E-state index is -0.0619. The minimum absolute atomic E-state index is 0.0619. The number of urea groups is 1. The summed E-state index contributed by atoms with van der Waals surface area (Å²) in [6.07, 6.45) is 4.34. The molecule has 5 nitrogen and oxygen atoms in total. The molecule has 0 bridgehead atoms. The van der Waals surface area contributed by atoms with Crippen LogP contribution in [-0.4, -0.2) is 37.7 Å². The van der Waals surface area contributed by atoms with Crippen LogP contribution >= 0.6 is 0 Å². The summed E-state index contributed by atoms with van der Waals surface area (Å²) in [4.78, 5) is 14.5. The highest BCUT2D eigenvalue weighted by Crippen LogP contribution is 2.30. The fourth-order valence-corrected chi connectivity index (χ4v) is 2.79. The van der Waals surface area contributed by atoms with Gasteiger partial charge in [-0.3, -0.25) is 0 Å². The van der Waals surface area contributed by atoms with Crippen molar-refractivity contribution in [3.8, 4) is 11.5 Å². The number of nitrogens with zero attached hydrogens (tertiary/aromatic N) is 1. The maximum atomic E-state index is 12.5. The van der Waals surface area contributed by atoms with E-state index >= 15 is 0 Å². The number of nitrogens with one attached hydrogen (secondary N) is 1. The van der Waals surface area contributed by atoms with Crippen molar-refractivity contribution in [3.63, 3.8) is 0 Å². The Bertz CT molecular complexity index is 490. The molecule has 1 aromatic rings. The third kappa shape index (κ3) is 3.60. The number of piperidine rings is 1. The second-order valence-electron chi connectivity index (χ2n) is 5.25. The Balaban J connectivity index is 2.14. The number of methoxy groups -OCH3 is 2. The van der Waals surface area contributed by atoms with E-state index in [4.69, 9.17) is 9.47 Å². The van der Waals surface area contributed by atoms with E-state index in [1.807, 2.05) is 11.0 Å². The molecular weight excluding hydrogens is 268 g/mol. The van der Waals surface area contributed by atoms with Crippen molar-refractivity contribution in [2.45, 2.75) is 38.6 Å². The average molecular weight is 292 g/mol. The summed E-state index contributed by atoms with van der Waals surface area (Å²) in [7, 11) is 3.19. The Morgan fingerprint density at radius 1 is 1.33 bits per heavy atom. The number of carbonyl (C=O) groups excluding carboxylic acids is 1. The van der Waals surface area contributed by atoms with Gasteiger partial charge in [-0.2, -0.15) is 0 Å². The van der Waals surface area contributed by atoms with Gasteiger partial charge in [-0.05, 0) is 37.8 Å². The normalized spacial score (nSPS) is 18.2. The van der Waals surface area contributed by atoms with Gasteiger partial charge in [0.2, 0.25) is 0 Å². The van der Waals surface area contributed by atoms with E-state index in [0.717, 1.165) is 25.8 Å². The summed E-state index contributed by atoms with van der Waals surface area (Å²) in [5.74, 6) is 1.32. The van der Waals surface area contributed by atoms with Crippen molar-refractivity contribution in [1.29, 1.82) is 0 Å². The Labute approximate surface area is 126 Å². The Morgan fingerprint density at radius 3 is 2.81 bits per heavy atom. The van der Waals surface area contributed by atoms with Crippen LogP contribution in [0.15, 0.2) is 18.2 Å². The fraction of sp³-hybridized carbons (Fsp3) is 0.562. The molecule has 5 heteroatoms. The molecule has 1 aliphatic rings. The van der Waals surface area contributed by atoms with Crippen LogP contribution in [0, 0.1) is 0 Å². The van der Waals surface area contributed by atoms with E-state index in [-0.39, 0.29) is 6.03 Å². The van der Waals surface area contributed by atoms with Gasteiger partial charge in [0.15, 0.2) is 0 Å². The van der Waals surface area contributed by atoms with Crippen molar-refractivity contribution >= 4 is 11.7 Å². The van der Waals surface area contributed by atoms with Crippen LogP contribution in [0.4, 0.5) is 10.5 Å². The first kappa shape index (κ1) is 15.5. The highest BCUT2D eigenvalue weighted by molar-refractivity contribution is 5.91. The molecule has 1 fully saturated rings. The first-order valence-corrected chi connectivity index (χ1v) is 7.49. The molecule has 116 valence electrons. The standard InChI is InChI=1S/C16H24N2O3/c1-4-12-7-5-6-10-18(12)16(19)17-14-11-13(20-2)8-9-15(14)21-3/h8-9,11-12H,4-7,10H2,1-3H3,(H,17,19)/t12-/m0/s1. The van der Waals surface area contributed by atoms with Gasteiger partial charge in [0.05, 0.1) is 19.9 Å². The van der Waals surface area contributed by atoms with Gasteiger partial charge in [0.25, 0.3) is 0 Å². The average Bonchev–Trinajstić information content (AvgIpc) is 2.54. The molecule has 0 saturated carbocycles. The van der Waals surface area contributed by atoms with E-state index < -0.39 is 0 Å². The smallest absolute Gasteiger partial charge is 0.322 e. The summed E-state index contributed by atoms with van der Waals surface area (Å²) in [6, 6.07) is 5.65. The molecule has 0 aromatic heterocycles. The largest absolute Gasteiger partial charge is 0.497 e. The number of likely N-dealkylation sites (tertiary alicyclic amines) is 1. The predicted octanol–water partition coefficient (Wildman–Crippen LogP) is 3.50. The van der Waals surface area contributed by atoms with Crippen LogP contribution in [0.5, 0.6) is 11.5 Å². The lowest BCUT2D eigenvalue weighted by molar-refractivity contribution is 0.160.